The van der Waals surface area contributed by atoms with Gasteiger partial charge >= 0.3 is 0 Å². The Hall–Kier alpha value is -2.68. The molecule has 36 heavy (non-hydrogen) atoms. The van der Waals surface area contributed by atoms with E-state index in [1.807, 2.05) is 29.7 Å². The average Bonchev–Trinajstić information content (AvgIpc) is 3.64. The van der Waals surface area contributed by atoms with Crippen LogP contribution in [0.1, 0.15) is 37.0 Å². The molecule has 3 fully saturated rings. The first kappa shape index (κ1) is 23.7. The van der Waals surface area contributed by atoms with Crippen LogP contribution in [0.2, 0.25) is 5.02 Å². The zero-order valence-electron chi connectivity index (χ0n) is 19.7. The largest absolute Gasteiger partial charge is 0.359 e. The molecule has 1 aromatic carbocycles. The number of thiophene rings is 1. The lowest BCUT2D eigenvalue weighted by molar-refractivity contribution is -0.142. The molecule has 0 unspecified atom stereocenters. The van der Waals surface area contributed by atoms with Crippen LogP contribution in [0.3, 0.4) is 0 Å². The van der Waals surface area contributed by atoms with Gasteiger partial charge in [-0.05, 0) is 48.6 Å². The van der Waals surface area contributed by atoms with Crippen molar-refractivity contribution < 1.29 is 19.1 Å². The van der Waals surface area contributed by atoms with Crippen LogP contribution in [0.5, 0.6) is 0 Å². The zero-order valence-corrected chi connectivity index (χ0v) is 21.3. The second-order valence-electron chi connectivity index (χ2n) is 10.1. The summed E-state index contributed by atoms with van der Waals surface area (Å²) < 4.78 is 6.40. The Kier molecular flexibility index (Phi) is 6.14. The van der Waals surface area contributed by atoms with Crippen LogP contribution in [0, 0.1) is 11.8 Å². The number of halogens is 1. The average molecular weight is 526 g/mol. The molecule has 1 saturated carbocycles. The van der Waals surface area contributed by atoms with E-state index in [0.29, 0.717) is 17.3 Å². The number of ether oxygens (including phenoxy) is 1. The van der Waals surface area contributed by atoms with E-state index in [9.17, 15) is 14.4 Å². The van der Waals surface area contributed by atoms with E-state index in [1.165, 1.54) is 6.42 Å². The molecule has 3 amide bonds. The molecule has 1 aliphatic carbocycles. The molecule has 5 atom stereocenters. The molecule has 2 aromatic rings. The Morgan fingerprint density at radius 1 is 1.11 bits per heavy atom. The summed E-state index contributed by atoms with van der Waals surface area (Å²) in [6, 6.07) is 10.0. The van der Waals surface area contributed by atoms with Crippen molar-refractivity contribution in [3.8, 4) is 0 Å². The summed E-state index contributed by atoms with van der Waals surface area (Å²) in [6.45, 7) is 0.310. The number of hydrogen-bond acceptors (Lipinski definition) is 5. The summed E-state index contributed by atoms with van der Waals surface area (Å²) in [4.78, 5) is 43.8. The Bertz CT molecular complexity index is 1190. The number of benzene rings is 1. The van der Waals surface area contributed by atoms with Crippen LogP contribution in [0.25, 0.3) is 0 Å². The molecule has 2 saturated heterocycles. The summed E-state index contributed by atoms with van der Waals surface area (Å²) in [7, 11) is 0. The number of carbonyl (C=O) groups excluding carboxylic acids is 3. The quantitative estimate of drug-likeness (QED) is 0.555. The summed E-state index contributed by atoms with van der Waals surface area (Å²) in [5.41, 5.74) is -0.558. The van der Waals surface area contributed by atoms with Crippen molar-refractivity contribution in [3.63, 3.8) is 0 Å². The van der Waals surface area contributed by atoms with E-state index >= 15 is 0 Å². The van der Waals surface area contributed by atoms with Crippen LogP contribution in [0.15, 0.2) is 53.9 Å². The summed E-state index contributed by atoms with van der Waals surface area (Å²) >= 11 is 7.52. The molecule has 1 spiro atoms. The molecule has 6 rings (SSSR count). The van der Waals surface area contributed by atoms with E-state index in [4.69, 9.17) is 16.3 Å². The monoisotopic (exact) mass is 525 g/mol. The first-order chi connectivity index (χ1) is 17.5. The SMILES string of the molecule is O=C(Nc1ccc(Cl)cc1)[C@H]1[C@H]2C=C[C@]3(O2)[C@H](C(=O)NC2CCCCC2)N(Cc2cccs2)C(=O)[C@@H]13. The lowest BCUT2D eigenvalue weighted by Gasteiger charge is -2.34. The number of anilines is 1. The van der Waals surface area contributed by atoms with Crippen LogP contribution in [-0.4, -0.2) is 46.4 Å². The number of nitrogens with one attached hydrogen (secondary N) is 2. The molecular weight excluding hydrogens is 498 g/mol. The van der Waals surface area contributed by atoms with Crippen molar-refractivity contribution >= 4 is 46.3 Å². The second-order valence-corrected chi connectivity index (χ2v) is 11.6. The third kappa shape index (κ3) is 3.96. The van der Waals surface area contributed by atoms with Gasteiger partial charge in [0, 0.05) is 21.6 Å². The predicted molar refractivity (Wildman–Crippen MR) is 137 cm³/mol. The molecule has 4 heterocycles. The molecule has 2 bridgehead atoms. The van der Waals surface area contributed by atoms with E-state index in [0.717, 1.165) is 30.6 Å². The zero-order chi connectivity index (χ0) is 24.9. The molecule has 4 aliphatic rings. The van der Waals surface area contributed by atoms with Crippen LogP contribution >= 0.6 is 22.9 Å². The van der Waals surface area contributed by atoms with Gasteiger partial charge in [-0.15, -0.1) is 11.3 Å². The van der Waals surface area contributed by atoms with E-state index in [1.54, 1.807) is 40.5 Å². The summed E-state index contributed by atoms with van der Waals surface area (Å²) in [6.07, 6.45) is 8.39. The molecular formula is C27H28ClN3O4S. The topological polar surface area (TPSA) is 87.7 Å². The van der Waals surface area contributed by atoms with Gasteiger partial charge in [-0.25, -0.2) is 0 Å². The van der Waals surface area contributed by atoms with Crippen molar-refractivity contribution in [2.45, 2.75) is 62.4 Å². The van der Waals surface area contributed by atoms with E-state index in [2.05, 4.69) is 10.6 Å². The number of rotatable bonds is 6. The Morgan fingerprint density at radius 2 is 1.89 bits per heavy atom. The highest BCUT2D eigenvalue weighted by Gasteiger charge is 2.72. The second kappa shape index (κ2) is 9.32. The van der Waals surface area contributed by atoms with Gasteiger partial charge in [0.2, 0.25) is 17.7 Å². The van der Waals surface area contributed by atoms with Crippen LogP contribution in [-0.2, 0) is 25.7 Å². The first-order valence-electron chi connectivity index (χ1n) is 12.5. The summed E-state index contributed by atoms with van der Waals surface area (Å²) in [5.74, 6) is -2.19. The van der Waals surface area contributed by atoms with Crippen LogP contribution in [0.4, 0.5) is 5.69 Å². The number of hydrogen-bond donors (Lipinski definition) is 2. The minimum Gasteiger partial charge on any atom is -0.359 e. The minimum atomic E-state index is -1.15. The van der Waals surface area contributed by atoms with Crippen molar-refractivity contribution in [1.29, 1.82) is 0 Å². The fourth-order valence-corrected chi connectivity index (χ4v) is 7.12. The van der Waals surface area contributed by atoms with Gasteiger partial charge in [0.1, 0.15) is 11.6 Å². The molecule has 1 aromatic heterocycles. The van der Waals surface area contributed by atoms with Crippen molar-refractivity contribution in [2.75, 3.05) is 5.32 Å². The maximum absolute atomic E-state index is 14.0. The van der Waals surface area contributed by atoms with E-state index < -0.39 is 29.6 Å². The highest BCUT2D eigenvalue weighted by atomic mass is 35.5. The molecule has 9 heteroatoms. The van der Waals surface area contributed by atoms with Crippen molar-refractivity contribution in [1.82, 2.24) is 10.2 Å². The van der Waals surface area contributed by atoms with Gasteiger partial charge in [-0.3, -0.25) is 14.4 Å². The van der Waals surface area contributed by atoms with Gasteiger partial charge in [-0.2, -0.15) is 0 Å². The Morgan fingerprint density at radius 3 is 2.61 bits per heavy atom. The molecule has 7 nitrogen and oxygen atoms in total. The lowest BCUT2D eigenvalue weighted by atomic mass is 9.74. The first-order valence-corrected chi connectivity index (χ1v) is 13.8. The fourth-order valence-electron chi connectivity index (χ4n) is 6.29. The van der Waals surface area contributed by atoms with Gasteiger partial charge < -0.3 is 20.3 Å². The predicted octanol–water partition coefficient (Wildman–Crippen LogP) is 4.14. The number of likely N-dealkylation sites (tertiary alicyclic amines) is 1. The van der Waals surface area contributed by atoms with E-state index in [-0.39, 0.29) is 23.8 Å². The summed E-state index contributed by atoms with van der Waals surface area (Å²) in [5, 5.41) is 8.65. The minimum absolute atomic E-state index is 0.104. The normalized spacial score (nSPS) is 31.0. The number of fused-ring (bicyclic) bond motifs is 1. The number of carbonyl (C=O) groups is 3. The third-order valence-corrected chi connectivity index (χ3v) is 9.01. The highest BCUT2D eigenvalue weighted by Crippen LogP contribution is 2.55. The maximum atomic E-state index is 14.0. The molecule has 3 aliphatic heterocycles. The third-order valence-electron chi connectivity index (χ3n) is 7.89. The van der Waals surface area contributed by atoms with Crippen molar-refractivity contribution in [2.24, 2.45) is 11.8 Å². The van der Waals surface area contributed by atoms with Crippen molar-refractivity contribution in [3.05, 3.63) is 63.8 Å². The maximum Gasteiger partial charge on any atom is 0.246 e. The molecule has 2 N–H and O–H groups in total. The number of amides is 3. The van der Waals surface area contributed by atoms with Gasteiger partial charge in [0.15, 0.2) is 0 Å². The lowest BCUT2D eigenvalue weighted by Crippen LogP contribution is -2.56. The molecule has 188 valence electrons. The number of nitrogens with zero attached hydrogens (tertiary/aromatic N) is 1. The molecule has 0 radical (unpaired) electrons. The van der Waals surface area contributed by atoms with Gasteiger partial charge in [0.05, 0.1) is 24.5 Å². The fraction of sp³-hybridized carbons (Fsp3) is 0.444. The van der Waals surface area contributed by atoms with Gasteiger partial charge in [-0.1, -0.05) is 49.1 Å². The van der Waals surface area contributed by atoms with Crippen LogP contribution < -0.4 is 10.6 Å². The smallest absolute Gasteiger partial charge is 0.246 e. The Labute approximate surface area is 218 Å². The standard InChI is InChI=1S/C27H28ClN3O4S/c28-16-8-10-18(11-9-16)29-24(32)21-20-12-13-27(35-20)22(21)26(34)31(15-19-7-4-14-36-19)23(27)25(33)30-17-5-2-1-3-6-17/h4,7-14,17,20-23H,1-3,5-6,15H2,(H,29,32)(H,30,33)/t20-,21+,22-,23+,27-/m1/s1. The highest BCUT2D eigenvalue weighted by molar-refractivity contribution is 7.09. The Balaban J connectivity index is 1.31. The van der Waals surface area contributed by atoms with Gasteiger partial charge in [0.25, 0.3) is 0 Å².